The van der Waals surface area contributed by atoms with Crippen LogP contribution in [0.5, 0.6) is 11.5 Å². The van der Waals surface area contributed by atoms with Crippen LogP contribution >= 0.6 is 11.8 Å². The Morgan fingerprint density at radius 1 is 1.14 bits per heavy atom. The predicted molar refractivity (Wildman–Crippen MR) is 137 cm³/mol. The monoisotopic (exact) mass is 518 g/mol. The van der Waals surface area contributed by atoms with Crippen molar-refractivity contribution < 1.29 is 27.1 Å². The highest BCUT2D eigenvalue weighted by molar-refractivity contribution is 8.19. The quantitative estimate of drug-likeness (QED) is 0.229. The summed E-state index contributed by atoms with van der Waals surface area (Å²) in [4.78, 5) is 14.4. The van der Waals surface area contributed by atoms with Gasteiger partial charge in [-0.05, 0) is 66.2 Å². The van der Waals surface area contributed by atoms with E-state index < -0.39 is 21.7 Å². The third-order valence-electron chi connectivity index (χ3n) is 5.00. The summed E-state index contributed by atoms with van der Waals surface area (Å²) >= 11 is 0.938. The summed E-state index contributed by atoms with van der Waals surface area (Å²) in [5.74, 6) is 0.175. The fourth-order valence-electron chi connectivity index (χ4n) is 3.21. The third-order valence-corrected chi connectivity index (χ3v) is 7.40. The highest BCUT2D eigenvalue weighted by atomic mass is 32.2. The van der Waals surface area contributed by atoms with Gasteiger partial charge in [0.1, 0.15) is 5.82 Å². The normalized spacial score (nSPS) is 16.2. The van der Waals surface area contributed by atoms with Crippen LogP contribution in [0.4, 0.5) is 4.39 Å². The van der Waals surface area contributed by atoms with E-state index in [4.69, 9.17) is 9.47 Å². The zero-order valence-electron chi connectivity index (χ0n) is 19.6. The van der Waals surface area contributed by atoms with Gasteiger partial charge in [0, 0.05) is 6.54 Å². The number of sulfonamides is 1. The molecule has 3 rings (SSSR count). The van der Waals surface area contributed by atoms with Gasteiger partial charge in [0.15, 0.2) is 16.7 Å². The van der Waals surface area contributed by atoms with E-state index in [9.17, 15) is 17.6 Å². The van der Waals surface area contributed by atoms with Gasteiger partial charge in [0.05, 0.1) is 23.5 Å². The highest BCUT2D eigenvalue weighted by Crippen LogP contribution is 2.35. The number of hydrogen-bond acceptors (Lipinski definition) is 6. The Morgan fingerprint density at radius 3 is 2.54 bits per heavy atom. The first-order valence-electron chi connectivity index (χ1n) is 11.0. The van der Waals surface area contributed by atoms with Crippen molar-refractivity contribution >= 4 is 38.9 Å². The number of halogens is 1. The summed E-state index contributed by atoms with van der Waals surface area (Å²) in [6.07, 6.45) is 6.24. The van der Waals surface area contributed by atoms with Crippen LogP contribution in [0.1, 0.15) is 31.7 Å². The molecular weight excluding hydrogens is 491 g/mol. The third kappa shape index (κ3) is 6.73. The molecule has 2 aromatic carbocycles. The van der Waals surface area contributed by atoms with Crippen molar-refractivity contribution in [1.82, 2.24) is 4.90 Å². The lowest BCUT2D eigenvalue weighted by Gasteiger charge is -2.12. The maximum Gasteiger partial charge on any atom is 0.284 e. The molecule has 35 heavy (non-hydrogen) atoms. The van der Waals surface area contributed by atoms with Crippen LogP contribution in [0.25, 0.3) is 6.08 Å². The fourth-order valence-corrected chi connectivity index (χ4v) is 5.40. The minimum Gasteiger partial charge on any atom is -0.493 e. The van der Waals surface area contributed by atoms with Gasteiger partial charge in [-0.2, -0.15) is 8.42 Å². The molecule has 1 saturated heterocycles. The topological polar surface area (TPSA) is 85.3 Å². The van der Waals surface area contributed by atoms with Gasteiger partial charge in [0.25, 0.3) is 15.9 Å². The van der Waals surface area contributed by atoms with E-state index >= 15 is 0 Å². The minimum absolute atomic E-state index is 0.00619. The number of methoxy groups -OCH3 is 1. The maximum absolute atomic E-state index is 13.2. The second-order valence-electron chi connectivity index (χ2n) is 7.58. The molecule has 2 aromatic rings. The van der Waals surface area contributed by atoms with Crippen LogP contribution in [-0.2, 0) is 14.8 Å². The molecule has 1 heterocycles. The molecule has 7 nitrogen and oxygen atoms in total. The van der Waals surface area contributed by atoms with Crippen LogP contribution in [0.3, 0.4) is 0 Å². The molecule has 10 heteroatoms. The van der Waals surface area contributed by atoms with Gasteiger partial charge in [-0.3, -0.25) is 9.69 Å². The van der Waals surface area contributed by atoms with Crippen LogP contribution < -0.4 is 9.47 Å². The summed E-state index contributed by atoms with van der Waals surface area (Å²) in [7, 11) is -2.61. The molecule has 0 saturated carbocycles. The number of rotatable bonds is 11. The zero-order chi connectivity index (χ0) is 25.4. The molecule has 1 amide bonds. The second-order valence-corrected chi connectivity index (χ2v) is 10.2. The van der Waals surface area contributed by atoms with Crippen LogP contribution in [-0.4, -0.2) is 44.7 Å². The number of thioether (sulfide) groups is 1. The molecule has 0 spiro atoms. The highest BCUT2D eigenvalue weighted by Gasteiger charge is 2.34. The van der Waals surface area contributed by atoms with E-state index in [1.807, 2.05) is 0 Å². The van der Waals surface area contributed by atoms with Gasteiger partial charge in [-0.1, -0.05) is 31.9 Å². The first-order chi connectivity index (χ1) is 16.8. The Labute approximate surface area is 209 Å². The van der Waals surface area contributed by atoms with Crippen molar-refractivity contribution in [2.75, 3.05) is 20.3 Å². The van der Waals surface area contributed by atoms with Gasteiger partial charge in [-0.25, -0.2) is 4.39 Å². The molecule has 0 aromatic heterocycles. The van der Waals surface area contributed by atoms with E-state index in [-0.39, 0.29) is 16.6 Å². The Balaban J connectivity index is 1.88. The molecule has 1 fully saturated rings. The van der Waals surface area contributed by atoms with Crippen LogP contribution in [0.2, 0.25) is 0 Å². The second kappa shape index (κ2) is 12.0. The Kier molecular flexibility index (Phi) is 9.11. The molecular formula is C25H27FN2O5S2. The fraction of sp³-hybridized carbons (Fsp3) is 0.280. The molecule has 186 valence electrons. The van der Waals surface area contributed by atoms with Crippen molar-refractivity contribution in [3.8, 4) is 11.5 Å². The minimum atomic E-state index is -4.15. The summed E-state index contributed by atoms with van der Waals surface area (Å²) in [5.41, 5.74) is 0.680. The summed E-state index contributed by atoms with van der Waals surface area (Å²) < 4.78 is 53.8. The first kappa shape index (κ1) is 26.5. The van der Waals surface area contributed by atoms with E-state index in [0.717, 1.165) is 55.3 Å². The van der Waals surface area contributed by atoms with Crippen LogP contribution in [0.15, 0.2) is 69.3 Å². The molecule has 0 radical (unpaired) electrons. The number of amides is 1. The standard InChI is InChI=1S/C25H27FN2O5S2/c1-4-6-7-15-33-21-13-8-18(16-22(21)32-3)17-23-24(29)28(14-5-2)25(34-23)27-35(30,31)20-11-9-19(26)10-12-20/h5,8-13,16-17H,2,4,6-7,14-15H2,1,3H3/b23-17-,27-25+. The SMILES string of the molecule is C=CCN1C(=O)/C(=C/c2ccc(OCCCCC)c(OC)c2)S/C1=N/S(=O)(=O)c1ccc(F)cc1. The van der Waals surface area contributed by atoms with Crippen molar-refractivity contribution in [1.29, 1.82) is 0 Å². The molecule has 0 atom stereocenters. The van der Waals surface area contributed by atoms with E-state index in [1.165, 1.54) is 18.1 Å². The zero-order valence-corrected chi connectivity index (χ0v) is 21.2. The first-order valence-corrected chi connectivity index (χ1v) is 13.3. The molecule has 0 bridgehead atoms. The number of amidine groups is 1. The summed E-state index contributed by atoms with van der Waals surface area (Å²) in [5, 5.41) is -0.00619. The predicted octanol–water partition coefficient (Wildman–Crippen LogP) is 5.25. The molecule has 1 aliphatic rings. The molecule has 1 aliphatic heterocycles. The number of carbonyl (C=O) groups is 1. The number of carbonyl (C=O) groups excluding carboxylic acids is 1. The number of hydrogen-bond donors (Lipinski definition) is 0. The number of benzene rings is 2. The average molecular weight is 519 g/mol. The number of unbranched alkanes of at least 4 members (excludes halogenated alkanes) is 2. The van der Waals surface area contributed by atoms with Crippen molar-refractivity contribution in [3.05, 3.63) is 71.4 Å². The Bertz CT molecular complexity index is 1240. The largest absolute Gasteiger partial charge is 0.493 e. The van der Waals surface area contributed by atoms with Gasteiger partial charge < -0.3 is 9.47 Å². The number of ether oxygens (including phenoxy) is 2. The summed E-state index contributed by atoms with van der Waals surface area (Å²) in [6.45, 7) is 6.42. The van der Waals surface area contributed by atoms with E-state index in [0.29, 0.717) is 28.6 Å². The molecule has 0 N–H and O–H groups in total. The van der Waals surface area contributed by atoms with Gasteiger partial charge in [-0.15, -0.1) is 11.0 Å². The lowest BCUT2D eigenvalue weighted by molar-refractivity contribution is -0.121. The lowest BCUT2D eigenvalue weighted by Crippen LogP contribution is -2.29. The van der Waals surface area contributed by atoms with Gasteiger partial charge >= 0.3 is 0 Å². The van der Waals surface area contributed by atoms with Crippen molar-refractivity contribution in [3.63, 3.8) is 0 Å². The smallest absolute Gasteiger partial charge is 0.284 e. The molecule has 0 aliphatic carbocycles. The van der Waals surface area contributed by atoms with E-state index in [1.54, 1.807) is 24.3 Å². The number of nitrogens with zero attached hydrogens (tertiary/aromatic N) is 2. The average Bonchev–Trinajstić information content (AvgIpc) is 3.11. The van der Waals surface area contributed by atoms with Crippen molar-refractivity contribution in [2.45, 2.75) is 31.1 Å². The van der Waals surface area contributed by atoms with E-state index in [2.05, 4.69) is 17.9 Å². The molecule has 0 unspecified atom stereocenters. The summed E-state index contributed by atoms with van der Waals surface area (Å²) in [6, 6.07) is 9.65. The van der Waals surface area contributed by atoms with Gasteiger partial charge in [0.2, 0.25) is 0 Å². The van der Waals surface area contributed by atoms with Crippen molar-refractivity contribution in [2.24, 2.45) is 4.40 Å². The Hall–Kier alpha value is -3.11. The Morgan fingerprint density at radius 2 is 1.89 bits per heavy atom. The lowest BCUT2D eigenvalue weighted by atomic mass is 10.2. The van der Waals surface area contributed by atoms with Crippen LogP contribution in [0, 0.1) is 5.82 Å². The maximum atomic E-state index is 13.2.